The molecule has 0 bridgehead atoms. The number of rotatable bonds is 5. The second kappa shape index (κ2) is 6.98. The van der Waals surface area contributed by atoms with Gasteiger partial charge in [0.05, 0.1) is 7.85 Å². The Balaban J connectivity index is 1.49. The summed E-state index contributed by atoms with van der Waals surface area (Å²) in [4.78, 5) is 2.70. The summed E-state index contributed by atoms with van der Waals surface area (Å²) in [6, 6.07) is 7.76. The molecular weight excluding hydrogens is 255 g/mol. The predicted octanol–water partition coefficient (Wildman–Crippen LogP) is 2.35. The van der Waals surface area contributed by atoms with Gasteiger partial charge in [-0.3, -0.25) is 4.90 Å². The van der Waals surface area contributed by atoms with Gasteiger partial charge < -0.3 is 5.32 Å². The van der Waals surface area contributed by atoms with Crippen molar-refractivity contribution in [1.29, 1.82) is 0 Å². The van der Waals surface area contributed by atoms with Gasteiger partial charge in [0.15, 0.2) is 0 Å². The van der Waals surface area contributed by atoms with E-state index in [-0.39, 0.29) is 0 Å². The molecule has 3 heteroatoms. The van der Waals surface area contributed by atoms with Crippen molar-refractivity contribution < 1.29 is 0 Å². The Morgan fingerprint density at radius 3 is 2.67 bits per heavy atom. The van der Waals surface area contributed by atoms with Crippen LogP contribution in [0.15, 0.2) is 18.2 Å². The average Bonchev–Trinajstić information content (AvgIpc) is 2.45. The van der Waals surface area contributed by atoms with Crippen molar-refractivity contribution in [1.82, 2.24) is 10.2 Å². The lowest BCUT2D eigenvalue weighted by Crippen LogP contribution is -2.55. The molecule has 2 saturated heterocycles. The van der Waals surface area contributed by atoms with Gasteiger partial charge in [0.2, 0.25) is 0 Å². The van der Waals surface area contributed by atoms with Crippen LogP contribution in [0.25, 0.3) is 0 Å². The van der Waals surface area contributed by atoms with Crippen LogP contribution >= 0.6 is 0 Å². The Morgan fingerprint density at radius 2 is 2.00 bits per heavy atom. The molecular formula is C18H27BN2. The van der Waals surface area contributed by atoms with Crippen molar-refractivity contribution in [3.63, 3.8) is 0 Å². The van der Waals surface area contributed by atoms with Crippen molar-refractivity contribution in [3.8, 4) is 0 Å². The van der Waals surface area contributed by atoms with E-state index >= 15 is 0 Å². The molecule has 0 aliphatic carbocycles. The lowest BCUT2D eigenvalue weighted by molar-refractivity contribution is 0.0386. The van der Waals surface area contributed by atoms with Gasteiger partial charge in [-0.1, -0.05) is 24.5 Å². The van der Waals surface area contributed by atoms with Crippen LogP contribution in [0.4, 0.5) is 0 Å². The first-order chi connectivity index (χ1) is 10.3. The standard InChI is InChI=1S/C18H27BN2/c1-14-10-15(4-7-19)2-3-17(14)11-16-12-21(13-16)18-5-8-20-9-6-18/h2-3,10,16,18,20H,4-9,11-13H2,1H3. The molecule has 0 amide bonds. The third-order valence-electron chi connectivity index (χ3n) is 5.16. The highest BCUT2D eigenvalue weighted by Gasteiger charge is 2.32. The second-order valence-corrected chi connectivity index (χ2v) is 6.80. The summed E-state index contributed by atoms with van der Waals surface area (Å²) in [5, 5.41) is 3.46. The van der Waals surface area contributed by atoms with Crippen LogP contribution in [-0.4, -0.2) is 45.0 Å². The molecule has 0 aromatic heterocycles. The summed E-state index contributed by atoms with van der Waals surface area (Å²) < 4.78 is 0. The van der Waals surface area contributed by atoms with Crippen LogP contribution in [0.5, 0.6) is 0 Å². The van der Waals surface area contributed by atoms with Crippen molar-refractivity contribution in [2.75, 3.05) is 26.2 Å². The minimum absolute atomic E-state index is 0.743. The fraction of sp³-hybridized carbons (Fsp3) is 0.667. The van der Waals surface area contributed by atoms with Crippen molar-refractivity contribution >= 4 is 7.85 Å². The number of piperidine rings is 1. The highest BCUT2D eigenvalue weighted by Crippen LogP contribution is 2.27. The van der Waals surface area contributed by atoms with Crippen LogP contribution in [0.1, 0.15) is 29.5 Å². The lowest BCUT2D eigenvalue weighted by atomic mass is 9.86. The highest BCUT2D eigenvalue weighted by atomic mass is 15.2. The molecule has 1 N–H and O–H groups in total. The Kier molecular flexibility index (Phi) is 5.02. The topological polar surface area (TPSA) is 15.3 Å². The Labute approximate surface area is 130 Å². The Morgan fingerprint density at radius 1 is 1.24 bits per heavy atom. The van der Waals surface area contributed by atoms with Crippen LogP contribution in [0, 0.1) is 12.8 Å². The Hall–Kier alpha value is -0.795. The van der Waals surface area contributed by atoms with E-state index in [2.05, 4.69) is 35.3 Å². The summed E-state index contributed by atoms with van der Waals surface area (Å²) in [6.45, 7) is 7.25. The number of hydrogen-bond donors (Lipinski definition) is 1. The first-order valence-electron chi connectivity index (χ1n) is 8.49. The molecule has 21 heavy (non-hydrogen) atoms. The van der Waals surface area contributed by atoms with Gasteiger partial charge in [-0.2, -0.15) is 0 Å². The largest absolute Gasteiger partial charge is 0.317 e. The number of likely N-dealkylation sites (tertiary alicyclic amines) is 1. The van der Waals surface area contributed by atoms with E-state index in [0.717, 1.165) is 24.7 Å². The molecule has 2 heterocycles. The monoisotopic (exact) mass is 282 g/mol. The molecule has 2 aliphatic heterocycles. The Bertz CT molecular complexity index is 462. The maximum Gasteiger partial charge on any atom is 0.0657 e. The van der Waals surface area contributed by atoms with E-state index in [9.17, 15) is 0 Å². The van der Waals surface area contributed by atoms with Gasteiger partial charge in [0.1, 0.15) is 0 Å². The summed E-state index contributed by atoms with van der Waals surface area (Å²) in [6.07, 6.45) is 5.65. The van der Waals surface area contributed by atoms with E-state index in [1.165, 1.54) is 62.1 Å². The molecule has 0 spiro atoms. The van der Waals surface area contributed by atoms with Crippen LogP contribution in [-0.2, 0) is 12.8 Å². The molecule has 1 aromatic rings. The average molecular weight is 282 g/mol. The SMILES string of the molecule is [B]CCc1ccc(CC2CN(C3CCNCC3)C2)c(C)c1. The fourth-order valence-electron chi connectivity index (χ4n) is 3.83. The number of benzene rings is 1. The summed E-state index contributed by atoms with van der Waals surface area (Å²) in [5.41, 5.74) is 4.36. The first kappa shape index (κ1) is 15.1. The second-order valence-electron chi connectivity index (χ2n) is 6.80. The minimum atomic E-state index is 0.743. The molecule has 112 valence electrons. The number of nitrogens with zero attached hydrogens (tertiary/aromatic N) is 1. The summed E-state index contributed by atoms with van der Waals surface area (Å²) in [5.74, 6) is 0.860. The van der Waals surface area contributed by atoms with Gasteiger partial charge >= 0.3 is 0 Å². The third kappa shape index (κ3) is 3.70. The molecule has 2 fully saturated rings. The van der Waals surface area contributed by atoms with E-state index in [1.54, 1.807) is 0 Å². The first-order valence-corrected chi connectivity index (χ1v) is 8.49. The zero-order valence-electron chi connectivity index (χ0n) is 13.3. The minimum Gasteiger partial charge on any atom is -0.317 e. The number of hydrogen-bond acceptors (Lipinski definition) is 2. The normalized spacial score (nSPS) is 21.4. The van der Waals surface area contributed by atoms with E-state index in [4.69, 9.17) is 7.85 Å². The third-order valence-corrected chi connectivity index (χ3v) is 5.16. The smallest absolute Gasteiger partial charge is 0.0657 e. The van der Waals surface area contributed by atoms with Crippen molar-refractivity contribution in [2.45, 2.75) is 45.0 Å². The highest BCUT2D eigenvalue weighted by molar-refractivity contribution is 6.08. The molecule has 2 radical (unpaired) electrons. The fourth-order valence-corrected chi connectivity index (χ4v) is 3.83. The van der Waals surface area contributed by atoms with Gasteiger partial charge in [-0.05, 0) is 68.3 Å². The molecule has 2 nitrogen and oxygen atoms in total. The summed E-state index contributed by atoms with van der Waals surface area (Å²) >= 11 is 0. The zero-order chi connectivity index (χ0) is 14.7. The van der Waals surface area contributed by atoms with E-state index < -0.39 is 0 Å². The lowest BCUT2D eigenvalue weighted by Gasteiger charge is -2.46. The maximum absolute atomic E-state index is 5.64. The quantitative estimate of drug-likeness (QED) is 0.834. The van der Waals surface area contributed by atoms with Gasteiger partial charge in [-0.15, -0.1) is 0 Å². The van der Waals surface area contributed by atoms with E-state index in [1.807, 2.05) is 0 Å². The molecule has 0 saturated carbocycles. The molecule has 0 atom stereocenters. The van der Waals surface area contributed by atoms with Crippen LogP contribution in [0.3, 0.4) is 0 Å². The van der Waals surface area contributed by atoms with Crippen molar-refractivity contribution in [2.24, 2.45) is 5.92 Å². The number of aryl methyl sites for hydroxylation is 2. The predicted molar refractivity (Wildman–Crippen MR) is 90.1 cm³/mol. The van der Waals surface area contributed by atoms with Gasteiger partial charge in [0, 0.05) is 19.1 Å². The van der Waals surface area contributed by atoms with Crippen LogP contribution in [0.2, 0.25) is 6.32 Å². The molecule has 0 unspecified atom stereocenters. The van der Waals surface area contributed by atoms with Crippen molar-refractivity contribution in [3.05, 3.63) is 34.9 Å². The molecule has 1 aromatic carbocycles. The maximum atomic E-state index is 5.64. The van der Waals surface area contributed by atoms with Gasteiger partial charge in [0.25, 0.3) is 0 Å². The van der Waals surface area contributed by atoms with E-state index in [0.29, 0.717) is 0 Å². The molecule has 3 rings (SSSR count). The van der Waals surface area contributed by atoms with Crippen LogP contribution < -0.4 is 5.32 Å². The van der Waals surface area contributed by atoms with Gasteiger partial charge in [-0.25, -0.2) is 0 Å². The molecule has 2 aliphatic rings. The zero-order valence-corrected chi connectivity index (χ0v) is 13.3. The number of nitrogens with one attached hydrogen (secondary N) is 1. The summed E-state index contributed by atoms with van der Waals surface area (Å²) in [7, 11) is 5.64.